The lowest BCUT2D eigenvalue weighted by Crippen LogP contribution is -2.22. The van der Waals surface area contributed by atoms with E-state index < -0.39 is 0 Å². The van der Waals surface area contributed by atoms with Crippen molar-refractivity contribution in [1.82, 2.24) is 4.57 Å². The average molecular weight is 401 g/mol. The van der Waals surface area contributed by atoms with Crippen molar-refractivity contribution in [3.8, 4) is 5.75 Å². The first-order valence-electron chi connectivity index (χ1n) is 7.73. The third-order valence-corrected chi connectivity index (χ3v) is 4.43. The third-order valence-electron chi connectivity index (χ3n) is 3.94. The van der Waals surface area contributed by atoms with E-state index in [4.69, 9.17) is 4.74 Å². The maximum absolute atomic E-state index is 12.2. The molecule has 3 rings (SSSR count). The Morgan fingerprint density at radius 3 is 2.72 bits per heavy atom. The predicted molar refractivity (Wildman–Crippen MR) is 102 cm³/mol. The molecule has 0 radical (unpaired) electrons. The zero-order chi connectivity index (χ0) is 18.0. The molecule has 1 heterocycles. The van der Waals surface area contributed by atoms with Crippen LogP contribution < -0.4 is 15.6 Å². The topological polar surface area (TPSA) is 60.3 Å². The highest BCUT2D eigenvalue weighted by Gasteiger charge is 2.10. The molecule has 128 valence electrons. The highest BCUT2D eigenvalue weighted by atomic mass is 79.9. The standard InChI is InChI=1S/C19H17BrN2O3/c1-12-9-13(20)7-8-15(12)21-18(23)11-25-17-10-19(24)22(2)16-6-4-3-5-14(16)17/h3-10H,11H2,1-2H3,(H,21,23). The van der Waals surface area contributed by atoms with Crippen LogP contribution in [-0.2, 0) is 11.8 Å². The number of fused-ring (bicyclic) bond motifs is 1. The van der Waals surface area contributed by atoms with Crippen LogP contribution in [0.15, 0.2) is 57.8 Å². The van der Waals surface area contributed by atoms with Crippen LogP contribution in [0, 0.1) is 6.92 Å². The Morgan fingerprint density at radius 2 is 1.96 bits per heavy atom. The third kappa shape index (κ3) is 3.74. The maximum Gasteiger partial charge on any atom is 0.262 e. The van der Waals surface area contributed by atoms with Crippen LogP contribution in [0.3, 0.4) is 0 Å². The largest absolute Gasteiger partial charge is 0.483 e. The summed E-state index contributed by atoms with van der Waals surface area (Å²) < 4.78 is 8.12. The number of carbonyl (C=O) groups is 1. The van der Waals surface area contributed by atoms with E-state index in [0.29, 0.717) is 5.75 Å². The summed E-state index contributed by atoms with van der Waals surface area (Å²) in [5, 5.41) is 3.60. The molecule has 6 heteroatoms. The number of benzene rings is 2. The summed E-state index contributed by atoms with van der Waals surface area (Å²) >= 11 is 3.39. The Bertz CT molecular complexity index is 1010. The Balaban J connectivity index is 1.77. The van der Waals surface area contributed by atoms with Crippen LogP contribution in [0.25, 0.3) is 10.9 Å². The number of para-hydroxylation sites is 1. The Hall–Kier alpha value is -2.60. The number of hydrogen-bond acceptors (Lipinski definition) is 3. The van der Waals surface area contributed by atoms with Crippen LogP contribution in [0.5, 0.6) is 5.75 Å². The molecule has 0 aliphatic rings. The lowest BCUT2D eigenvalue weighted by molar-refractivity contribution is -0.118. The van der Waals surface area contributed by atoms with E-state index >= 15 is 0 Å². The second kappa shape index (κ2) is 7.11. The smallest absolute Gasteiger partial charge is 0.262 e. The first-order chi connectivity index (χ1) is 12.0. The minimum atomic E-state index is -0.282. The van der Waals surface area contributed by atoms with Gasteiger partial charge in [-0.1, -0.05) is 28.1 Å². The second-order valence-corrected chi connectivity index (χ2v) is 6.63. The molecule has 25 heavy (non-hydrogen) atoms. The van der Waals surface area contributed by atoms with Crippen molar-refractivity contribution in [3.63, 3.8) is 0 Å². The van der Waals surface area contributed by atoms with Crippen molar-refractivity contribution in [2.45, 2.75) is 6.92 Å². The van der Waals surface area contributed by atoms with Crippen molar-refractivity contribution in [1.29, 1.82) is 0 Å². The zero-order valence-corrected chi connectivity index (χ0v) is 15.5. The maximum atomic E-state index is 12.2. The molecule has 1 aromatic heterocycles. The van der Waals surface area contributed by atoms with Gasteiger partial charge in [-0.2, -0.15) is 0 Å². The van der Waals surface area contributed by atoms with Crippen molar-refractivity contribution in [2.24, 2.45) is 7.05 Å². The van der Waals surface area contributed by atoms with Crippen LogP contribution in [0.4, 0.5) is 5.69 Å². The first kappa shape index (κ1) is 17.2. The molecule has 0 unspecified atom stereocenters. The SMILES string of the molecule is Cc1cc(Br)ccc1NC(=O)COc1cc(=O)n(C)c2ccccc12. The van der Waals surface area contributed by atoms with Gasteiger partial charge < -0.3 is 14.6 Å². The number of nitrogens with zero attached hydrogens (tertiary/aromatic N) is 1. The van der Waals surface area contributed by atoms with Gasteiger partial charge >= 0.3 is 0 Å². The van der Waals surface area contributed by atoms with Crippen LogP contribution in [-0.4, -0.2) is 17.1 Å². The highest BCUT2D eigenvalue weighted by Crippen LogP contribution is 2.23. The fourth-order valence-electron chi connectivity index (χ4n) is 2.60. The molecule has 1 N–H and O–H groups in total. The fraction of sp³-hybridized carbons (Fsp3) is 0.158. The van der Waals surface area contributed by atoms with Crippen LogP contribution in [0.2, 0.25) is 0 Å². The summed E-state index contributed by atoms with van der Waals surface area (Å²) in [7, 11) is 1.71. The summed E-state index contributed by atoms with van der Waals surface area (Å²) in [5.41, 5.74) is 2.25. The van der Waals surface area contributed by atoms with Gasteiger partial charge in [0.25, 0.3) is 11.5 Å². The molecule has 3 aromatic rings. The minimum absolute atomic E-state index is 0.174. The molecule has 2 aromatic carbocycles. The molecule has 0 aliphatic heterocycles. The Kier molecular flexibility index (Phi) is 4.90. The number of hydrogen-bond donors (Lipinski definition) is 1. The lowest BCUT2D eigenvalue weighted by Gasteiger charge is -2.12. The van der Waals surface area contributed by atoms with Crippen LogP contribution in [0.1, 0.15) is 5.56 Å². The summed E-state index contributed by atoms with van der Waals surface area (Å²) in [6.45, 7) is 1.74. The van der Waals surface area contributed by atoms with Crippen molar-refractivity contribution >= 4 is 38.4 Å². The summed E-state index contributed by atoms with van der Waals surface area (Å²) in [5.74, 6) is 0.122. The van der Waals surface area contributed by atoms with Gasteiger partial charge in [0.05, 0.1) is 5.52 Å². The van der Waals surface area contributed by atoms with Crippen molar-refractivity contribution in [3.05, 3.63) is 68.9 Å². The zero-order valence-electron chi connectivity index (χ0n) is 13.9. The van der Waals surface area contributed by atoms with E-state index in [1.807, 2.05) is 49.4 Å². The number of anilines is 1. The van der Waals surface area contributed by atoms with Crippen LogP contribution >= 0.6 is 15.9 Å². The van der Waals surface area contributed by atoms with Gasteiger partial charge in [0.2, 0.25) is 0 Å². The number of halogens is 1. The van der Waals surface area contributed by atoms with Crippen molar-refractivity contribution < 1.29 is 9.53 Å². The molecule has 1 amide bonds. The predicted octanol–water partition coefficient (Wildman–Crippen LogP) is 3.63. The van der Waals surface area contributed by atoms with Gasteiger partial charge in [0.1, 0.15) is 5.75 Å². The number of pyridine rings is 1. The number of nitrogens with one attached hydrogen (secondary N) is 1. The van der Waals surface area contributed by atoms with Gasteiger partial charge in [0, 0.05) is 28.7 Å². The number of aryl methyl sites for hydroxylation is 2. The molecule has 0 spiro atoms. The molecule has 0 aliphatic carbocycles. The summed E-state index contributed by atoms with van der Waals surface area (Å²) in [4.78, 5) is 24.2. The highest BCUT2D eigenvalue weighted by molar-refractivity contribution is 9.10. The number of ether oxygens (including phenoxy) is 1. The second-order valence-electron chi connectivity index (χ2n) is 5.72. The molecule has 0 fully saturated rings. The molecule has 0 saturated heterocycles. The normalized spacial score (nSPS) is 10.7. The molecule has 0 atom stereocenters. The molecular formula is C19H17BrN2O3. The van der Waals surface area contributed by atoms with E-state index in [1.165, 1.54) is 6.07 Å². The van der Waals surface area contributed by atoms with E-state index in [1.54, 1.807) is 11.6 Å². The summed E-state index contributed by atoms with van der Waals surface area (Å²) in [6, 6.07) is 14.4. The van der Waals surface area contributed by atoms with E-state index in [9.17, 15) is 9.59 Å². The molecule has 0 saturated carbocycles. The van der Waals surface area contributed by atoms with E-state index in [0.717, 1.165) is 26.6 Å². The lowest BCUT2D eigenvalue weighted by atomic mass is 10.2. The van der Waals surface area contributed by atoms with E-state index in [-0.39, 0.29) is 18.1 Å². The first-order valence-corrected chi connectivity index (χ1v) is 8.52. The Morgan fingerprint density at radius 1 is 1.20 bits per heavy atom. The Labute approximate surface area is 153 Å². The quantitative estimate of drug-likeness (QED) is 0.727. The number of rotatable bonds is 4. The van der Waals surface area contributed by atoms with E-state index in [2.05, 4.69) is 21.2 Å². The van der Waals surface area contributed by atoms with Gasteiger partial charge in [-0.05, 0) is 42.8 Å². The average Bonchev–Trinajstić information content (AvgIpc) is 2.59. The van der Waals surface area contributed by atoms with Gasteiger partial charge in [0.15, 0.2) is 6.61 Å². The molecular weight excluding hydrogens is 384 g/mol. The number of amides is 1. The molecule has 5 nitrogen and oxygen atoms in total. The van der Waals surface area contributed by atoms with Gasteiger partial charge in [-0.3, -0.25) is 9.59 Å². The van der Waals surface area contributed by atoms with Gasteiger partial charge in [-0.25, -0.2) is 0 Å². The summed E-state index contributed by atoms with van der Waals surface area (Å²) in [6.07, 6.45) is 0. The monoisotopic (exact) mass is 400 g/mol. The molecule has 0 bridgehead atoms. The number of carbonyl (C=O) groups excluding carboxylic acids is 1. The fourth-order valence-corrected chi connectivity index (χ4v) is 3.07. The number of aromatic nitrogens is 1. The van der Waals surface area contributed by atoms with Crippen molar-refractivity contribution in [2.75, 3.05) is 11.9 Å². The van der Waals surface area contributed by atoms with Gasteiger partial charge in [-0.15, -0.1) is 0 Å². The minimum Gasteiger partial charge on any atom is -0.483 e.